The van der Waals surface area contributed by atoms with E-state index in [4.69, 9.17) is 18.4 Å². The second-order valence-corrected chi connectivity index (χ2v) is 5.00. The van der Waals surface area contributed by atoms with Gasteiger partial charge in [0, 0.05) is 6.04 Å². The Morgan fingerprint density at radius 3 is 2.88 bits per heavy atom. The zero-order chi connectivity index (χ0) is 12.2. The molecule has 0 aromatic carbocycles. The maximum absolute atomic E-state index is 6.05. The maximum Gasteiger partial charge on any atom is 0.0599 e. The number of allylic oxidation sites excluding steroid dienone is 4. The zero-order valence-electron chi connectivity index (χ0n) is 9.95. The predicted octanol–water partition coefficient (Wildman–Crippen LogP) is 3.41. The van der Waals surface area contributed by atoms with Crippen molar-refractivity contribution in [1.29, 1.82) is 0 Å². The van der Waals surface area contributed by atoms with E-state index in [9.17, 15) is 0 Å². The molecule has 1 aliphatic carbocycles. The molecule has 0 heterocycles. The van der Waals surface area contributed by atoms with Crippen molar-refractivity contribution in [2.75, 3.05) is 0 Å². The van der Waals surface area contributed by atoms with Crippen molar-refractivity contribution in [3.05, 3.63) is 48.6 Å². The van der Waals surface area contributed by atoms with Gasteiger partial charge in [-0.15, -0.1) is 0 Å². The van der Waals surface area contributed by atoms with Gasteiger partial charge in [-0.05, 0) is 37.3 Å². The summed E-state index contributed by atoms with van der Waals surface area (Å²) in [5.41, 5.74) is 8.15. The molecule has 0 bridgehead atoms. The van der Waals surface area contributed by atoms with Crippen LogP contribution in [0.4, 0.5) is 0 Å². The SMILES string of the molecule is C=C/C(=C\C=C/C)C1(S)CCCC(N)C1=C. The summed E-state index contributed by atoms with van der Waals surface area (Å²) in [7, 11) is 0. The molecule has 2 atom stereocenters. The Morgan fingerprint density at radius 2 is 2.31 bits per heavy atom. The van der Waals surface area contributed by atoms with E-state index in [2.05, 4.69) is 13.2 Å². The van der Waals surface area contributed by atoms with Crippen molar-refractivity contribution in [3.8, 4) is 0 Å². The lowest BCUT2D eigenvalue weighted by Crippen LogP contribution is -2.41. The average molecular weight is 235 g/mol. The lowest BCUT2D eigenvalue weighted by molar-refractivity contribution is 0.493. The first kappa shape index (κ1) is 13.3. The summed E-state index contributed by atoms with van der Waals surface area (Å²) in [6.07, 6.45) is 11.0. The number of rotatable bonds is 3. The summed E-state index contributed by atoms with van der Waals surface area (Å²) in [4.78, 5) is 0. The second kappa shape index (κ2) is 5.55. The minimum atomic E-state index is -0.307. The molecule has 1 fully saturated rings. The Balaban J connectivity index is 3.06. The van der Waals surface area contributed by atoms with E-state index < -0.39 is 0 Å². The van der Waals surface area contributed by atoms with Crippen LogP contribution in [0.3, 0.4) is 0 Å². The van der Waals surface area contributed by atoms with E-state index in [1.807, 2.05) is 31.2 Å². The number of hydrogen-bond donors (Lipinski definition) is 2. The molecule has 0 aliphatic heterocycles. The van der Waals surface area contributed by atoms with Gasteiger partial charge < -0.3 is 5.73 Å². The monoisotopic (exact) mass is 235 g/mol. The quantitative estimate of drug-likeness (QED) is 0.437. The standard InChI is InChI=1S/C14H21NS/c1-4-6-8-12(5-2)14(16)10-7-9-13(15)11(14)3/h4-6,8,13,16H,2-3,7,9-10,15H2,1H3/b6-4-,12-8+. The average Bonchev–Trinajstić information content (AvgIpc) is 2.27. The Kier molecular flexibility index (Phi) is 4.63. The Labute approximate surface area is 104 Å². The van der Waals surface area contributed by atoms with Gasteiger partial charge in [-0.25, -0.2) is 0 Å². The van der Waals surface area contributed by atoms with Gasteiger partial charge in [0.2, 0.25) is 0 Å². The molecule has 1 saturated carbocycles. The molecule has 0 aromatic heterocycles. The largest absolute Gasteiger partial charge is 0.324 e. The Hall–Kier alpha value is -0.730. The van der Waals surface area contributed by atoms with Gasteiger partial charge in [0.1, 0.15) is 0 Å². The van der Waals surface area contributed by atoms with Crippen molar-refractivity contribution >= 4 is 12.6 Å². The molecule has 2 unspecified atom stereocenters. The van der Waals surface area contributed by atoms with Crippen molar-refractivity contribution in [2.24, 2.45) is 5.73 Å². The molecule has 1 aliphatic rings. The van der Waals surface area contributed by atoms with Crippen molar-refractivity contribution in [1.82, 2.24) is 0 Å². The molecular formula is C14H21NS. The lowest BCUT2D eigenvalue weighted by Gasteiger charge is -2.39. The molecule has 0 spiro atoms. The van der Waals surface area contributed by atoms with Gasteiger partial charge in [0.15, 0.2) is 0 Å². The zero-order valence-corrected chi connectivity index (χ0v) is 10.8. The predicted molar refractivity (Wildman–Crippen MR) is 75.8 cm³/mol. The molecule has 16 heavy (non-hydrogen) atoms. The van der Waals surface area contributed by atoms with Crippen LogP contribution in [0.5, 0.6) is 0 Å². The molecule has 0 saturated heterocycles. The third kappa shape index (κ3) is 2.50. The fraction of sp³-hybridized carbons (Fsp3) is 0.429. The molecule has 0 amide bonds. The van der Waals surface area contributed by atoms with Crippen LogP contribution in [-0.2, 0) is 0 Å². The fourth-order valence-electron chi connectivity index (χ4n) is 2.12. The van der Waals surface area contributed by atoms with Crippen LogP contribution in [-0.4, -0.2) is 10.8 Å². The van der Waals surface area contributed by atoms with Crippen LogP contribution in [0.15, 0.2) is 48.6 Å². The van der Waals surface area contributed by atoms with Gasteiger partial charge >= 0.3 is 0 Å². The molecule has 2 N–H and O–H groups in total. The van der Waals surface area contributed by atoms with E-state index >= 15 is 0 Å². The smallest absolute Gasteiger partial charge is 0.0599 e. The van der Waals surface area contributed by atoms with E-state index in [-0.39, 0.29) is 10.8 Å². The third-order valence-corrected chi connectivity index (χ3v) is 3.97. The molecule has 0 aromatic rings. The first-order valence-electron chi connectivity index (χ1n) is 5.69. The van der Waals surface area contributed by atoms with Gasteiger partial charge in [-0.2, -0.15) is 12.6 Å². The topological polar surface area (TPSA) is 26.0 Å². The van der Waals surface area contributed by atoms with Crippen LogP contribution in [0, 0.1) is 0 Å². The van der Waals surface area contributed by atoms with Gasteiger partial charge in [0.05, 0.1) is 4.75 Å². The summed E-state index contributed by atoms with van der Waals surface area (Å²) < 4.78 is -0.307. The van der Waals surface area contributed by atoms with Crippen LogP contribution in [0.1, 0.15) is 26.2 Å². The molecular weight excluding hydrogens is 214 g/mol. The molecule has 1 rings (SSSR count). The van der Waals surface area contributed by atoms with Crippen molar-refractivity contribution in [3.63, 3.8) is 0 Å². The number of hydrogen-bond acceptors (Lipinski definition) is 2. The summed E-state index contributed by atoms with van der Waals surface area (Å²) >= 11 is 4.80. The van der Waals surface area contributed by atoms with E-state index in [0.717, 1.165) is 30.4 Å². The lowest BCUT2D eigenvalue weighted by atomic mass is 9.76. The van der Waals surface area contributed by atoms with Gasteiger partial charge in [-0.1, -0.05) is 37.5 Å². The van der Waals surface area contributed by atoms with Crippen LogP contribution < -0.4 is 5.73 Å². The highest BCUT2D eigenvalue weighted by molar-refractivity contribution is 7.82. The van der Waals surface area contributed by atoms with Crippen molar-refractivity contribution < 1.29 is 0 Å². The number of nitrogens with two attached hydrogens (primary N) is 1. The molecule has 2 heteroatoms. The molecule has 1 nitrogen and oxygen atoms in total. The molecule has 0 radical (unpaired) electrons. The fourth-order valence-corrected chi connectivity index (χ4v) is 2.61. The maximum atomic E-state index is 6.05. The summed E-state index contributed by atoms with van der Waals surface area (Å²) in [6.45, 7) is 9.96. The van der Waals surface area contributed by atoms with Crippen LogP contribution in [0.2, 0.25) is 0 Å². The van der Waals surface area contributed by atoms with Gasteiger partial charge in [-0.3, -0.25) is 0 Å². The minimum absolute atomic E-state index is 0.0557. The van der Waals surface area contributed by atoms with E-state index in [0.29, 0.717) is 0 Å². The first-order chi connectivity index (χ1) is 7.56. The first-order valence-corrected chi connectivity index (χ1v) is 6.14. The third-order valence-electron chi connectivity index (χ3n) is 3.20. The van der Waals surface area contributed by atoms with Crippen molar-refractivity contribution in [2.45, 2.75) is 37.0 Å². The minimum Gasteiger partial charge on any atom is -0.324 e. The summed E-state index contributed by atoms with van der Waals surface area (Å²) in [5, 5.41) is 0. The highest BCUT2D eigenvalue weighted by atomic mass is 32.1. The highest BCUT2D eigenvalue weighted by Gasteiger charge is 2.37. The van der Waals surface area contributed by atoms with Crippen LogP contribution >= 0.6 is 12.6 Å². The second-order valence-electron chi connectivity index (χ2n) is 4.24. The normalized spacial score (nSPS) is 32.1. The highest BCUT2D eigenvalue weighted by Crippen LogP contribution is 2.42. The van der Waals surface area contributed by atoms with E-state index in [1.165, 1.54) is 0 Å². The Bertz CT molecular complexity index is 341. The van der Waals surface area contributed by atoms with Gasteiger partial charge in [0.25, 0.3) is 0 Å². The number of thiol groups is 1. The Morgan fingerprint density at radius 1 is 1.62 bits per heavy atom. The van der Waals surface area contributed by atoms with E-state index in [1.54, 1.807) is 0 Å². The summed E-state index contributed by atoms with van der Waals surface area (Å²) in [5.74, 6) is 0. The van der Waals surface area contributed by atoms with Crippen LogP contribution in [0.25, 0.3) is 0 Å². The molecule has 88 valence electrons. The summed E-state index contributed by atoms with van der Waals surface area (Å²) in [6, 6.07) is 0.0557.